The highest BCUT2D eigenvalue weighted by atomic mass is 32.2. The molecule has 2 aromatic rings. The SMILES string of the molecule is CCn1nnnc1SCN1C(=O)c2ccccc2C1=O. The number of nitrogens with zero attached hydrogens (tertiary/aromatic N) is 5. The van der Waals surface area contributed by atoms with Gasteiger partial charge in [0, 0.05) is 6.54 Å². The highest BCUT2D eigenvalue weighted by molar-refractivity contribution is 7.99. The zero-order valence-electron chi connectivity index (χ0n) is 10.7. The van der Waals surface area contributed by atoms with Crippen LogP contribution in [0.3, 0.4) is 0 Å². The topological polar surface area (TPSA) is 81.0 Å². The summed E-state index contributed by atoms with van der Waals surface area (Å²) in [5.41, 5.74) is 0.904. The van der Waals surface area contributed by atoms with Crippen molar-refractivity contribution in [3.8, 4) is 0 Å². The smallest absolute Gasteiger partial charge is 0.262 e. The standard InChI is InChI=1S/C12H11N5O2S/c1-2-17-12(13-14-15-17)20-7-16-10(18)8-5-3-4-6-9(8)11(16)19/h3-6H,2,7H2,1H3. The number of hydrogen-bond donors (Lipinski definition) is 0. The third-order valence-corrected chi connectivity index (χ3v) is 3.94. The van der Waals surface area contributed by atoms with E-state index in [1.165, 1.54) is 16.7 Å². The van der Waals surface area contributed by atoms with E-state index in [1.807, 2.05) is 6.92 Å². The van der Waals surface area contributed by atoms with Gasteiger partial charge in [0.2, 0.25) is 5.16 Å². The Morgan fingerprint density at radius 3 is 2.40 bits per heavy atom. The van der Waals surface area contributed by atoms with Crippen LogP contribution in [0.4, 0.5) is 0 Å². The first-order valence-electron chi connectivity index (χ1n) is 6.06. The lowest BCUT2D eigenvalue weighted by Gasteiger charge is -2.12. The number of aryl methyl sites for hydroxylation is 1. The van der Waals surface area contributed by atoms with Crippen molar-refractivity contribution in [2.24, 2.45) is 0 Å². The number of hydrogen-bond acceptors (Lipinski definition) is 6. The van der Waals surface area contributed by atoms with Crippen molar-refractivity contribution in [1.82, 2.24) is 25.1 Å². The lowest BCUT2D eigenvalue weighted by molar-refractivity contribution is 0.0684. The molecule has 1 aromatic heterocycles. The fraction of sp³-hybridized carbons (Fsp3) is 0.250. The summed E-state index contributed by atoms with van der Waals surface area (Å²) in [6, 6.07) is 6.82. The summed E-state index contributed by atoms with van der Waals surface area (Å²) in [7, 11) is 0. The molecular weight excluding hydrogens is 278 g/mol. The van der Waals surface area contributed by atoms with Gasteiger partial charge in [0.1, 0.15) is 0 Å². The number of thioether (sulfide) groups is 1. The van der Waals surface area contributed by atoms with Gasteiger partial charge in [-0.25, -0.2) is 4.68 Å². The molecule has 0 fully saturated rings. The molecule has 1 aliphatic heterocycles. The molecule has 8 heteroatoms. The number of tetrazole rings is 1. The van der Waals surface area contributed by atoms with Crippen molar-refractivity contribution in [3.05, 3.63) is 35.4 Å². The van der Waals surface area contributed by atoms with Crippen molar-refractivity contribution in [2.75, 3.05) is 5.88 Å². The first-order valence-corrected chi connectivity index (χ1v) is 7.05. The minimum atomic E-state index is -0.270. The zero-order valence-corrected chi connectivity index (χ0v) is 11.5. The second kappa shape index (κ2) is 5.04. The van der Waals surface area contributed by atoms with Crippen LogP contribution in [0.5, 0.6) is 0 Å². The molecule has 102 valence electrons. The van der Waals surface area contributed by atoms with Crippen LogP contribution in [-0.2, 0) is 6.54 Å². The Morgan fingerprint density at radius 1 is 1.15 bits per heavy atom. The highest BCUT2D eigenvalue weighted by Gasteiger charge is 2.35. The van der Waals surface area contributed by atoms with Crippen molar-refractivity contribution >= 4 is 23.6 Å². The van der Waals surface area contributed by atoms with E-state index < -0.39 is 0 Å². The summed E-state index contributed by atoms with van der Waals surface area (Å²) >= 11 is 1.26. The van der Waals surface area contributed by atoms with E-state index in [-0.39, 0.29) is 17.7 Å². The van der Waals surface area contributed by atoms with Gasteiger partial charge in [-0.15, -0.1) is 5.10 Å². The van der Waals surface area contributed by atoms with Crippen LogP contribution in [-0.4, -0.2) is 42.8 Å². The second-order valence-electron chi connectivity index (χ2n) is 4.13. The van der Waals surface area contributed by atoms with E-state index in [0.29, 0.717) is 22.8 Å². The number of amides is 2. The van der Waals surface area contributed by atoms with Gasteiger partial charge in [-0.3, -0.25) is 14.5 Å². The molecule has 0 saturated heterocycles. The van der Waals surface area contributed by atoms with Crippen LogP contribution >= 0.6 is 11.8 Å². The average Bonchev–Trinajstić information content (AvgIpc) is 3.02. The lowest BCUT2D eigenvalue weighted by Crippen LogP contribution is -2.29. The summed E-state index contributed by atoms with van der Waals surface area (Å²) in [4.78, 5) is 25.5. The fourth-order valence-corrected chi connectivity index (χ4v) is 2.86. The normalized spacial score (nSPS) is 13.9. The maximum absolute atomic E-state index is 12.2. The molecule has 3 rings (SSSR count). The van der Waals surface area contributed by atoms with Crippen molar-refractivity contribution in [2.45, 2.75) is 18.6 Å². The molecule has 0 radical (unpaired) electrons. The molecule has 0 atom stereocenters. The number of carbonyl (C=O) groups is 2. The van der Waals surface area contributed by atoms with E-state index in [0.717, 1.165) is 0 Å². The number of carbonyl (C=O) groups excluding carboxylic acids is 2. The van der Waals surface area contributed by atoms with Crippen LogP contribution in [0.25, 0.3) is 0 Å². The molecule has 1 aliphatic rings. The second-order valence-corrected chi connectivity index (χ2v) is 5.05. The minimum absolute atomic E-state index is 0.201. The number of rotatable bonds is 4. The number of benzene rings is 1. The average molecular weight is 289 g/mol. The molecular formula is C12H11N5O2S. The summed E-state index contributed by atoms with van der Waals surface area (Å²) in [6.45, 7) is 2.56. The molecule has 20 heavy (non-hydrogen) atoms. The lowest BCUT2D eigenvalue weighted by atomic mass is 10.1. The molecule has 0 aliphatic carbocycles. The van der Waals surface area contributed by atoms with Crippen molar-refractivity contribution in [1.29, 1.82) is 0 Å². The predicted molar refractivity (Wildman–Crippen MR) is 71.2 cm³/mol. The van der Waals surface area contributed by atoms with Crippen LogP contribution in [0.1, 0.15) is 27.6 Å². The van der Waals surface area contributed by atoms with E-state index in [9.17, 15) is 9.59 Å². The van der Waals surface area contributed by atoms with Gasteiger partial charge in [0.25, 0.3) is 11.8 Å². The Labute approximate surface area is 118 Å². The molecule has 2 amide bonds. The van der Waals surface area contributed by atoms with Crippen molar-refractivity contribution < 1.29 is 9.59 Å². The monoisotopic (exact) mass is 289 g/mol. The van der Waals surface area contributed by atoms with Crippen LogP contribution in [0.2, 0.25) is 0 Å². The van der Waals surface area contributed by atoms with E-state index >= 15 is 0 Å². The van der Waals surface area contributed by atoms with Gasteiger partial charge in [-0.05, 0) is 29.5 Å². The van der Waals surface area contributed by atoms with Crippen molar-refractivity contribution in [3.63, 3.8) is 0 Å². The Hall–Kier alpha value is -2.22. The number of fused-ring (bicyclic) bond motifs is 1. The molecule has 0 unspecified atom stereocenters. The first-order chi connectivity index (χ1) is 9.72. The van der Waals surface area contributed by atoms with E-state index in [1.54, 1.807) is 28.9 Å². The van der Waals surface area contributed by atoms with Gasteiger partial charge in [-0.2, -0.15) is 0 Å². The maximum atomic E-state index is 12.2. The van der Waals surface area contributed by atoms with Gasteiger partial charge in [0.15, 0.2) is 0 Å². The Bertz CT molecular complexity index is 649. The fourth-order valence-electron chi connectivity index (χ4n) is 1.98. The molecule has 1 aromatic carbocycles. The molecule has 2 heterocycles. The van der Waals surface area contributed by atoms with Crippen LogP contribution in [0.15, 0.2) is 29.4 Å². The molecule has 0 bridgehead atoms. The maximum Gasteiger partial charge on any atom is 0.262 e. The first kappa shape index (κ1) is 12.8. The minimum Gasteiger partial charge on any atom is -0.269 e. The summed E-state index contributed by atoms with van der Waals surface area (Å²) in [5, 5.41) is 11.8. The van der Waals surface area contributed by atoms with Gasteiger partial charge in [0.05, 0.1) is 17.0 Å². The summed E-state index contributed by atoms with van der Waals surface area (Å²) in [5.74, 6) is -0.338. The Morgan fingerprint density at radius 2 is 1.80 bits per heavy atom. The Balaban J connectivity index is 1.77. The van der Waals surface area contributed by atoms with Gasteiger partial charge in [-0.1, -0.05) is 23.9 Å². The van der Waals surface area contributed by atoms with Gasteiger partial charge >= 0.3 is 0 Å². The predicted octanol–water partition coefficient (Wildman–Crippen LogP) is 1.04. The molecule has 7 nitrogen and oxygen atoms in total. The molecule has 0 spiro atoms. The summed E-state index contributed by atoms with van der Waals surface area (Å²) in [6.07, 6.45) is 0. The van der Waals surface area contributed by atoms with Crippen LogP contribution < -0.4 is 0 Å². The summed E-state index contributed by atoms with van der Waals surface area (Å²) < 4.78 is 1.61. The molecule has 0 saturated carbocycles. The van der Waals surface area contributed by atoms with E-state index in [2.05, 4.69) is 15.5 Å². The Kier molecular flexibility index (Phi) is 3.23. The quantitative estimate of drug-likeness (QED) is 0.618. The van der Waals surface area contributed by atoms with Crippen LogP contribution in [0, 0.1) is 0 Å². The van der Waals surface area contributed by atoms with E-state index in [4.69, 9.17) is 0 Å². The molecule has 0 N–H and O–H groups in total. The largest absolute Gasteiger partial charge is 0.269 e. The number of imide groups is 1. The highest BCUT2D eigenvalue weighted by Crippen LogP contribution is 2.25. The third-order valence-electron chi connectivity index (χ3n) is 3.00. The zero-order chi connectivity index (χ0) is 14.1. The van der Waals surface area contributed by atoms with Gasteiger partial charge < -0.3 is 0 Å². The number of aromatic nitrogens is 4. The third kappa shape index (κ3) is 1.97.